The monoisotopic (exact) mass is 420 g/mol. The highest BCUT2D eigenvalue weighted by molar-refractivity contribution is 5.50. The van der Waals surface area contributed by atoms with Crippen LogP contribution < -0.4 is 23.7 Å². The summed E-state index contributed by atoms with van der Waals surface area (Å²) in [4.78, 5) is 0. The first-order valence-corrected chi connectivity index (χ1v) is 10.4. The molecule has 0 aliphatic rings. The predicted octanol–water partition coefficient (Wildman–Crippen LogP) is 6.20. The van der Waals surface area contributed by atoms with Gasteiger partial charge in [0.15, 0.2) is 11.5 Å². The number of aryl methyl sites for hydroxylation is 1. The van der Waals surface area contributed by atoms with Gasteiger partial charge in [0.25, 0.3) is 0 Å². The van der Waals surface area contributed by atoms with Gasteiger partial charge in [-0.1, -0.05) is 40.7 Å². The van der Waals surface area contributed by atoms with E-state index in [9.17, 15) is 0 Å². The lowest BCUT2D eigenvalue weighted by molar-refractivity contribution is 0.347. The van der Waals surface area contributed by atoms with Crippen LogP contribution >= 0.6 is 0 Å². The third-order valence-corrected chi connectivity index (χ3v) is 4.29. The van der Waals surface area contributed by atoms with Crippen molar-refractivity contribution in [3.8, 4) is 28.7 Å². The van der Waals surface area contributed by atoms with Gasteiger partial charge in [-0.2, -0.15) is 0 Å². The van der Waals surface area contributed by atoms with Gasteiger partial charge in [0.1, 0.15) is 17.2 Å². The summed E-state index contributed by atoms with van der Waals surface area (Å²) in [5.74, 6) is 4.62. The predicted molar refractivity (Wildman–Crippen MR) is 125 cm³/mol. The van der Waals surface area contributed by atoms with Crippen molar-refractivity contribution >= 4 is 0 Å². The molecule has 0 heterocycles. The molecule has 170 valence electrons. The van der Waals surface area contributed by atoms with E-state index in [-0.39, 0.29) is 0 Å². The molecule has 0 aliphatic carbocycles. The van der Waals surface area contributed by atoms with E-state index in [1.165, 1.54) is 5.56 Å². The molecule has 0 spiro atoms. The SMILES string of the molecule is CC.CCc1ccc(OC)cc1OC.COc1cc(OC)c(OC)cc1CC(C)C. The fraction of sp³-hybridized carbons (Fsp3) is 0.520. The van der Waals surface area contributed by atoms with E-state index in [4.69, 9.17) is 23.7 Å². The van der Waals surface area contributed by atoms with E-state index in [2.05, 4.69) is 20.8 Å². The average molecular weight is 421 g/mol. The second kappa shape index (κ2) is 15.3. The second-order valence-electron chi connectivity index (χ2n) is 6.65. The van der Waals surface area contributed by atoms with Crippen LogP contribution in [0.5, 0.6) is 28.7 Å². The Bertz CT molecular complexity index is 726. The summed E-state index contributed by atoms with van der Waals surface area (Å²) in [5, 5.41) is 0. The van der Waals surface area contributed by atoms with E-state index >= 15 is 0 Å². The number of hydrogen-bond acceptors (Lipinski definition) is 5. The van der Waals surface area contributed by atoms with Gasteiger partial charge in [-0.25, -0.2) is 0 Å². The Morgan fingerprint density at radius 1 is 0.633 bits per heavy atom. The maximum absolute atomic E-state index is 5.35. The van der Waals surface area contributed by atoms with Crippen LogP contribution in [0.2, 0.25) is 0 Å². The van der Waals surface area contributed by atoms with Crippen LogP contribution in [-0.2, 0) is 12.8 Å². The summed E-state index contributed by atoms with van der Waals surface area (Å²) in [5.41, 5.74) is 2.36. The number of hydrogen-bond donors (Lipinski definition) is 0. The lowest BCUT2D eigenvalue weighted by atomic mass is 10.0. The van der Waals surface area contributed by atoms with Gasteiger partial charge >= 0.3 is 0 Å². The highest BCUT2D eigenvalue weighted by atomic mass is 16.5. The van der Waals surface area contributed by atoms with Gasteiger partial charge in [0.05, 0.1) is 35.5 Å². The van der Waals surface area contributed by atoms with E-state index < -0.39 is 0 Å². The Hall–Kier alpha value is -2.56. The van der Waals surface area contributed by atoms with E-state index in [1.54, 1.807) is 35.5 Å². The minimum absolute atomic E-state index is 0.576. The first kappa shape index (κ1) is 27.4. The molecule has 0 bridgehead atoms. The average Bonchev–Trinajstić information content (AvgIpc) is 2.79. The highest BCUT2D eigenvalue weighted by Crippen LogP contribution is 2.35. The van der Waals surface area contributed by atoms with Crippen molar-refractivity contribution in [2.45, 2.75) is 47.5 Å². The Morgan fingerprint density at radius 2 is 1.13 bits per heavy atom. The fourth-order valence-corrected chi connectivity index (χ4v) is 2.84. The lowest BCUT2D eigenvalue weighted by Crippen LogP contribution is -2.00. The summed E-state index contributed by atoms with van der Waals surface area (Å²) >= 11 is 0. The van der Waals surface area contributed by atoms with Gasteiger partial charge in [-0.3, -0.25) is 0 Å². The normalized spacial score (nSPS) is 9.57. The molecule has 2 aromatic rings. The van der Waals surface area contributed by atoms with Crippen LogP contribution in [0.15, 0.2) is 30.3 Å². The number of benzene rings is 2. The molecule has 0 saturated carbocycles. The lowest BCUT2D eigenvalue weighted by Gasteiger charge is -2.15. The molecule has 0 atom stereocenters. The van der Waals surface area contributed by atoms with Crippen molar-refractivity contribution in [1.29, 1.82) is 0 Å². The summed E-state index contributed by atoms with van der Waals surface area (Å²) in [6.07, 6.45) is 1.94. The van der Waals surface area contributed by atoms with Gasteiger partial charge in [0.2, 0.25) is 0 Å². The molecule has 0 aliphatic heterocycles. The summed E-state index contributed by atoms with van der Waals surface area (Å²) in [6, 6.07) is 9.73. The largest absolute Gasteiger partial charge is 0.497 e. The van der Waals surface area contributed by atoms with Crippen molar-refractivity contribution in [3.63, 3.8) is 0 Å². The maximum atomic E-state index is 5.35. The van der Waals surface area contributed by atoms with Crippen molar-refractivity contribution in [2.24, 2.45) is 5.92 Å². The molecule has 0 unspecified atom stereocenters. The minimum Gasteiger partial charge on any atom is -0.497 e. The molecular weight excluding hydrogens is 380 g/mol. The van der Waals surface area contributed by atoms with E-state index in [1.807, 2.05) is 44.2 Å². The molecule has 30 heavy (non-hydrogen) atoms. The quantitative estimate of drug-likeness (QED) is 0.508. The zero-order valence-corrected chi connectivity index (χ0v) is 20.4. The Labute approximate surface area is 183 Å². The van der Waals surface area contributed by atoms with E-state index in [0.29, 0.717) is 11.7 Å². The van der Waals surface area contributed by atoms with Crippen molar-refractivity contribution in [1.82, 2.24) is 0 Å². The minimum atomic E-state index is 0.576. The van der Waals surface area contributed by atoms with Crippen LogP contribution in [0.4, 0.5) is 0 Å². The summed E-state index contributed by atoms with van der Waals surface area (Å²) < 4.78 is 26.1. The van der Waals surface area contributed by atoms with Crippen LogP contribution in [0.25, 0.3) is 0 Å². The number of ether oxygens (including phenoxy) is 5. The molecule has 0 amide bonds. The molecular formula is C25H40O5. The van der Waals surface area contributed by atoms with Crippen molar-refractivity contribution < 1.29 is 23.7 Å². The highest BCUT2D eigenvalue weighted by Gasteiger charge is 2.12. The molecule has 2 rings (SSSR count). The number of rotatable bonds is 8. The third kappa shape index (κ3) is 8.44. The van der Waals surface area contributed by atoms with Crippen LogP contribution in [-0.4, -0.2) is 35.5 Å². The molecule has 2 aromatic carbocycles. The topological polar surface area (TPSA) is 46.2 Å². The first-order chi connectivity index (χ1) is 14.4. The van der Waals surface area contributed by atoms with Crippen LogP contribution in [0, 0.1) is 5.92 Å². The zero-order chi connectivity index (χ0) is 23.1. The second-order valence-corrected chi connectivity index (χ2v) is 6.65. The van der Waals surface area contributed by atoms with Gasteiger partial charge in [-0.05, 0) is 42.0 Å². The standard InChI is InChI=1S/C13H20O3.C10H14O2.C2H6/c1-9(2)6-10-7-12(15-4)13(16-5)8-11(10)14-3;1-4-8-5-6-9(11-2)7-10(8)12-3;1-2/h7-9H,6H2,1-5H3;5-7H,4H2,1-3H3;1-2H3. The van der Waals surface area contributed by atoms with E-state index in [0.717, 1.165) is 41.4 Å². The van der Waals surface area contributed by atoms with Gasteiger partial charge < -0.3 is 23.7 Å². The zero-order valence-electron chi connectivity index (χ0n) is 20.4. The first-order valence-electron chi connectivity index (χ1n) is 10.4. The molecule has 0 radical (unpaired) electrons. The Balaban J connectivity index is 0.000000535. The third-order valence-electron chi connectivity index (χ3n) is 4.29. The fourth-order valence-electron chi connectivity index (χ4n) is 2.84. The smallest absolute Gasteiger partial charge is 0.164 e. The van der Waals surface area contributed by atoms with Crippen LogP contribution in [0.1, 0.15) is 45.7 Å². The van der Waals surface area contributed by atoms with Crippen molar-refractivity contribution in [3.05, 3.63) is 41.5 Å². The van der Waals surface area contributed by atoms with Gasteiger partial charge in [0, 0.05) is 12.1 Å². The van der Waals surface area contributed by atoms with Gasteiger partial charge in [-0.15, -0.1) is 0 Å². The molecule has 0 saturated heterocycles. The molecule has 5 nitrogen and oxygen atoms in total. The Morgan fingerprint density at radius 3 is 1.57 bits per heavy atom. The molecule has 0 N–H and O–H groups in total. The summed E-state index contributed by atoms with van der Waals surface area (Å²) in [7, 11) is 8.27. The maximum Gasteiger partial charge on any atom is 0.164 e. The van der Waals surface area contributed by atoms with Crippen LogP contribution in [0.3, 0.4) is 0 Å². The summed E-state index contributed by atoms with van der Waals surface area (Å²) in [6.45, 7) is 10.5. The van der Waals surface area contributed by atoms with Crippen molar-refractivity contribution in [2.75, 3.05) is 35.5 Å². The Kier molecular flexibility index (Phi) is 14.0. The molecule has 0 aromatic heterocycles. The molecule has 0 fully saturated rings. The molecule has 5 heteroatoms. The number of methoxy groups -OCH3 is 5.